The van der Waals surface area contributed by atoms with Gasteiger partial charge in [0.15, 0.2) is 0 Å². The van der Waals surface area contributed by atoms with Crippen molar-refractivity contribution in [3.05, 3.63) is 0 Å². The standard InChI is InChI=1S/C8H17ClN2/c1-10-5-3-4-8(6-10)11(2)7-9/h8H,3-7H2,1-2H3. The van der Waals surface area contributed by atoms with Crippen LogP contribution >= 0.6 is 11.6 Å². The zero-order valence-electron chi connectivity index (χ0n) is 7.39. The highest BCUT2D eigenvalue weighted by Crippen LogP contribution is 2.13. The van der Waals surface area contributed by atoms with Gasteiger partial charge in [0.05, 0.1) is 6.00 Å². The van der Waals surface area contributed by atoms with E-state index in [0.717, 1.165) is 0 Å². The monoisotopic (exact) mass is 176 g/mol. The van der Waals surface area contributed by atoms with Crippen molar-refractivity contribution in [2.24, 2.45) is 0 Å². The number of nitrogens with zero attached hydrogens (tertiary/aromatic N) is 2. The SMILES string of the molecule is CN1CCCC(N(C)CCl)C1. The van der Waals surface area contributed by atoms with Gasteiger partial charge in [0.25, 0.3) is 0 Å². The topological polar surface area (TPSA) is 6.48 Å². The Kier molecular flexibility index (Phi) is 3.63. The lowest BCUT2D eigenvalue weighted by Gasteiger charge is -2.34. The number of halogens is 1. The Labute approximate surface area is 74.1 Å². The molecule has 0 aromatic heterocycles. The molecule has 1 heterocycles. The van der Waals surface area contributed by atoms with Crippen LogP contribution < -0.4 is 0 Å². The van der Waals surface area contributed by atoms with Gasteiger partial charge < -0.3 is 4.90 Å². The molecule has 66 valence electrons. The van der Waals surface area contributed by atoms with Crippen molar-refractivity contribution in [2.75, 3.05) is 33.2 Å². The number of likely N-dealkylation sites (N-methyl/N-ethyl adjacent to an activating group) is 2. The highest BCUT2D eigenvalue weighted by molar-refractivity contribution is 6.17. The second-order valence-corrected chi connectivity index (χ2v) is 3.67. The molecule has 0 bridgehead atoms. The molecule has 0 aromatic rings. The van der Waals surface area contributed by atoms with Gasteiger partial charge in [-0.3, -0.25) is 4.90 Å². The molecule has 1 fully saturated rings. The molecular formula is C8H17ClN2. The molecule has 0 N–H and O–H groups in total. The zero-order valence-corrected chi connectivity index (χ0v) is 8.14. The largest absolute Gasteiger partial charge is 0.305 e. The Morgan fingerprint density at radius 3 is 2.91 bits per heavy atom. The number of piperidine rings is 1. The van der Waals surface area contributed by atoms with Crippen molar-refractivity contribution >= 4 is 11.6 Å². The molecule has 3 heteroatoms. The van der Waals surface area contributed by atoms with Gasteiger partial charge in [-0.1, -0.05) is 0 Å². The highest BCUT2D eigenvalue weighted by Gasteiger charge is 2.19. The summed E-state index contributed by atoms with van der Waals surface area (Å²) in [6.07, 6.45) is 2.61. The van der Waals surface area contributed by atoms with Gasteiger partial charge in [0, 0.05) is 12.6 Å². The maximum Gasteiger partial charge on any atom is 0.0738 e. The van der Waals surface area contributed by atoms with Crippen LogP contribution in [-0.4, -0.2) is 49.0 Å². The van der Waals surface area contributed by atoms with Crippen LogP contribution in [0.4, 0.5) is 0 Å². The number of hydrogen-bond donors (Lipinski definition) is 0. The number of rotatable bonds is 2. The fourth-order valence-electron chi connectivity index (χ4n) is 1.60. The Morgan fingerprint density at radius 1 is 1.64 bits per heavy atom. The van der Waals surface area contributed by atoms with Crippen molar-refractivity contribution in [1.29, 1.82) is 0 Å². The van der Waals surface area contributed by atoms with Crippen molar-refractivity contribution in [3.8, 4) is 0 Å². The van der Waals surface area contributed by atoms with Crippen LogP contribution in [0, 0.1) is 0 Å². The Bertz CT molecular complexity index is 119. The third kappa shape index (κ3) is 2.62. The minimum Gasteiger partial charge on any atom is -0.305 e. The van der Waals surface area contributed by atoms with E-state index < -0.39 is 0 Å². The summed E-state index contributed by atoms with van der Waals surface area (Å²) in [6.45, 7) is 2.41. The van der Waals surface area contributed by atoms with Crippen LogP contribution in [-0.2, 0) is 0 Å². The van der Waals surface area contributed by atoms with Gasteiger partial charge in [-0.15, -0.1) is 11.6 Å². The molecule has 1 saturated heterocycles. The average molecular weight is 177 g/mol. The normalized spacial score (nSPS) is 27.8. The quantitative estimate of drug-likeness (QED) is 0.461. The van der Waals surface area contributed by atoms with Gasteiger partial charge in [0.1, 0.15) is 0 Å². The summed E-state index contributed by atoms with van der Waals surface area (Å²) in [5, 5.41) is 0. The smallest absolute Gasteiger partial charge is 0.0738 e. The predicted octanol–water partition coefficient (Wildman–Crippen LogP) is 1.21. The molecule has 1 atom stereocenters. The molecule has 11 heavy (non-hydrogen) atoms. The Morgan fingerprint density at radius 2 is 2.36 bits per heavy atom. The first-order valence-corrected chi connectivity index (χ1v) is 4.72. The molecule has 1 unspecified atom stereocenters. The molecule has 0 amide bonds. The molecule has 1 rings (SSSR count). The number of hydrogen-bond acceptors (Lipinski definition) is 2. The summed E-state index contributed by atoms with van der Waals surface area (Å²) in [6, 6.07) is 1.32. The maximum atomic E-state index is 5.74. The lowest BCUT2D eigenvalue weighted by molar-refractivity contribution is 0.150. The third-order valence-electron chi connectivity index (χ3n) is 2.41. The van der Waals surface area contributed by atoms with Crippen molar-refractivity contribution < 1.29 is 0 Å². The molecule has 1 aliphatic rings. The van der Waals surface area contributed by atoms with E-state index in [0.29, 0.717) is 12.0 Å². The molecule has 0 aliphatic carbocycles. The highest BCUT2D eigenvalue weighted by atomic mass is 35.5. The summed E-state index contributed by atoms with van der Waals surface area (Å²) in [7, 11) is 4.27. The van der Waals surface area contributed by atoms with E-state index in [1.54, 1.807) is 0 Å². The van der Waals surface area contributed by atoms with E-state index in [9.17, 15) is 0 Å². The third-order valence-corrected chi connectivity index (χ3v) is 2.79. The Hall–Kier alpha value is 0.210. The Balaban J connectivity index is 2.33. The molecular weight excluding hydrogens is 160 g/mol. The maximum absolute atomic E-state index is 5.74. The van der Waals surface area contributed by atoms with Gasteiger partial charge in [-0.05, 0) is 33.5 Å². The summed E-state index contributed by atoms with van der Waals surface area (Å²) in [5.74, 6) is 0. The van der Waals surface area contributed by atoms with Crippen LogP contribution in [0.3, 0.4) is 0 Å². The minimum atomic E-state index is 0.651. The second kappa shape index (κ2) is 4.29. The first-order chi connectivity index (χ1) is 5.24. The van der Waals surface area contributed by atoms with Gasteiger partial charge >= 0.3 is 0 Å². The molecule has 1 aliphatic heterocycles. The minimum absolute atomic E-state index is 0.651. The molecule has 0 spiro atoms. The van der Waals surface area contributed by atoms with Gasteiger partial charge in [-0.25, -0.2) is 0 Å². The molecule has 2 nitrogen and oxygen atoms in total. The fourth-order valence-corrected chi connectivity index (χ4v) is 1.79. The van der Waals surface area contributed by atoms with Gasteiger partial charge in [-0.2, -0.15) is 0 Å². The van der Waals surface area contributed by atoms with Crippen LogP contribution in [0.15, 0.2) is 0 Å². The van der Waals surface area contributed by atoms with Gasteiger partial charge in [0.2, 0.25) is 0 Å². The van der Waals surface area contributed by atoms with Crippen LogP contribution in [0.1, 0.15) is 12.8 Å². The predicted molar refractivity (Wildman–Crippen MR) is 49.0 cm³/mol. The van der Waals surface area contributed by atoms with E-state index in [2.05, 4.69) is 23.9 Å². The first kappa shape index (κ1) is 9.30. The summed E-state index contributed by atoms with van der Waals surface area (Å²) in [4.78, 5) is 4.59. The van der Waals surface area contributed by atoms with Crippen molar-refractivity contribution in [1.82, 2.24) is 9.80 Å². The molecule has 0 radical (unpaired) electrons. The van der Waals surface area contributed by atoms with E-state index in [-0.39, 0.29) is 0 Å². The zero-order chi connectivity index (χ0) is 8.27. The molecule has 0 aromatic carbocycles. The van der Waals surface area contributed by atoms with E-state index in [4.69, 9.17) is 11.6 Å². The van der Waals surface area contributed by atoms with Crippen LogP contribution in [0.25, 0.3) is 0 Å². The average Bonchev–Trinajstić information content (AvgIpc) is 2.03. The fraction of sp³-hybridized carbons (Fsp3) is 1.00. The van der Waals surface area contributed by atoms with Crippen molar-refractivity contribution in [3.63, 3.8) is 0 Å². The van der Waals surface area contributed by atoms with E-state index in [1.807, 2.05) is 0 Å². The summed E-state index contributed by atoms with van der Waals surface area (Å²) < 4.78 is 0. The number of likely N-dealkylation sites (tertiary alicyclic amines) is 1. The lowest BCUT2D eigenvalue weighted by Crippen LogP contribution is -2.44. The van der Waals surface area contributed by atoms with Crippen LogP contribution in [0.5, 0.6) is 0 Å². The first-order valence-electron chi connectivity index (χ1n) is 4.19. The molecule has 0 saturated carbocycles. The number of alkyl halides is 1. The summed E-state index contributed by atoms with van der Waals surface area (Å²) in [5.41, 5.74) is 0. The summed E-state index contributed by atoms with van der Waals surface area (Å²) >= 11 is 5.74. The van der Waals surface area contributed by atoms with Crippen molar-refractivity contribution in [2.45, 2.75) is 18.9 Å². The van der Waals surface area contributed by atoms with Crippen LogP contribution in [0.2, 0.25) is 0 Å². The van der Waals surface area contributed by atoms with E-state index >= 15 is 0 Å². The lowest BCUT2D eigenvalue weighted by atomic mass is 10.1. The second-order valence-electron chi connectivity index (χ2n) is 3.43. The van der Waals surface area contributed by atoms with E-state index in [1.165, 1.54) is 25.9 Å².